The molecule has 3 rings (SSSR count). The molecule has 1 N–H and O–H groups in total. The van der Waals surface area contributed by atoms with E-state index in [1.54, 1.807) is 23.3 Å². The summed E-state index contributed by atoms with van der Waals surface area (Å²) in [6.07, 6.45) is 3.45. The van der Waals surface area contributed by atoms with Gasteiger partial charge in [-0.15, -0.1) is 0 Å². The van der Waals surface area contributed by atoms with Gasteiger partial charge in [0.05, 0.1) is 12.3 Å². The molecule has 0 aromatic carbocycles. The lowest BCUT2D eigenvalue weighted by Crippen LogP contribution is -2.36. The topological polar surface area (TPSA) is 83.6 Å². The van der Waals surface area contributed by atoms with E-state index in [0.29, 0.717) is 5.76 Å². The van der Waals surface area contributed by atoms with Gasteiger partial charge < -0.3 is 14.4 Å². The van der Waals surface area contributed by atoms with E-state index in [-0.39, 0.29) is 29.4 Å². The number of nitrogens with zero attached hydrogens (tertiary/aromatic N) is 2. The van der Waals surface area contributed by atoms with Crippen molar-refractivity contribution in [2.75, 3.05) is 0 Å². The van der Waals surface area contributed by atoms with Crippen molar-refractivity contribution in [2.45, 2.75) is 31.8 Å². The van der Waals surface area contributed by atoms with Gasteiger partial charge in [-0.2, -0.15) is 0 Å². The summed E-state index contributed by atoms with van der Waals surface area (Å²) in [6.45, 7) is 1.90. The van der Waals surface area contributed by atoms with Crippen LogP contribution in [0.25, 0.3) is 0 Å². The first kappa shape index (κ1) is 14.3. The number of rotatable bonds is 5. The molecule has 1 atom stereocenters. The number of aromatic carboxylic acids is 1. The second kappa shape index (κ2) is 5.63. The van der Waals surface area contributed by atoms with Crippen molar-refractivity contribution < 1.29 is 19.1 Å². The summed E-state index contributed by atoms with van der Waals surface area (Å²) in [5.74, 6) is -0.712. The number of carboxylic acids is 1. The summed E-state index contributed by atoms with van der Waals surface area (Å²) in [5.41, 5.74) is 0.0115. The molecule has 0 aliphatic heterocycles. The Hall–Kier alpha value is -2.63. The predicted octanol–water partition coefficient (Wildman–Crippen LogP) is 2.74. The predicted molar refractivity (Wildman–Crippen MR) is 77.5 cm³/mol. The lowest BCUT2D eigenvalue weighted by Gasteiger charge is -2.27. The van der Waals surface area contributed by atoms with Crippen molar-refractivity contribution in [3.05, 3.63) is 53.7 Å². The summed E-state index contributed by atoms with van der Waals surface area (Å²) >= 11 is 0. The van der Waals surface area contributed by atoms with Crippen LogP contribution in [0.15, 0.2) is 41.0 Å². The zero-order chi connectivity index (χ0) is 15.7. The Kier molecular flexibility index (Phi) is 3.66. The third kappa shape index (κ3) is 2.72. The van der Waals surface area contributed by atoms with Gasteiger partial charge in [0.15, 0.2) is 0 Å². The highest BCUT2D eigenvalue weighted by Crippen LogP contribution is 2.35. The lowest BCUT2D eigenvalue weighted by molar-refractivity contribution is 0.0645. The van der Waals surface area contributed by atoms with Crippen molar-refractivity contribution in [3.63, 3.8) is 0 Å². The van der Waals surface area contributed by atoms with E-state index >= 15 is 0 Å². The SMILES string of the molecule is C[C@H](c1ccco1)N(C(=O)c1cccc(C(=O)O)n1)C1CC1. The highest BCUT2D eigenvalue weighted by molar-refractivity contribution is 5.94. The van der Waals surface area contributed by atoms with Gasteiger partial charge in [0.2, 0.25) is 0 Å². The van der Waals surface area contributed by atoms with E-state index < -0.39 is 5.97 Å². The van der Waals surface area contributed by atoms with Crippen LogP contribution in [0.1, 0.15) is 52.5 Å². The zero-order valence-corrected chi connectivity index (χ0v) is 12.1. The number of carbonyl (C=O) groups is 2. The highest BCUT2D eigenvalue weighted by atomic mass is 16.4. The summed E-state index contributed by atoms with van der Waals surface area (Å²) in [5, 5.41) is 9.01. The number of hydrogen-bond donors (Lipinski definition) is 1. The molecule has 114 valence electrons. The minimum absolute atomic E-state index is 0.132. The standard InChI is InChI=1S/C16H16N2O4/c1-10(14-6-3-9-22-14)18(11-7-8-11)15(19)12-4-2-5-13(17-12)16(20)21/h2-6,9-11H,7-8H2,1H3,(H,20,21)/t10-/m1/s1. The van der Waals surface area contributed by atoms with Crippen molar-refractivity contribution in [2.24, 2.45) is 0 Å². The van der Waals surface area contributed by atoms with E-state index in [0.717, 1.165) is 12.8 Å². The normalized spacial score (nSPS) is 15.3. The Labute approximate surface area is 127 Å². The number of carbonyl (C=O) groups excluding carboxylic acids is 1. The Morgan fingerprint density at radius 2 is 2.00 bits per heavy atom. The Balaban J connectivity index is 1.90. The van der Waals surface area contributed by atoms with E-state index in [1.165, 1.54) is 12.1 Å². The van der Waals surface area contributed by atoms with E-state index in [2.05, 4.69) is 4.98 Å². The van der Waals surface area contributed by atoms with Crippen molar-refractivity contribution >= 4 is 11.9 Å². The molecule has 1 saturated carbocycles. The smallest absolute Gasteiger partial charge is 0.354 e. The fraction of sp³-hybridized carbons (Fsp3) is 0.312. The fourth-order valence-electron chi connectivity index (χ4n) is 2.48. The molecule has 0 saturated heterocycles. The second-order valence-electron chi connectivity index (χ2n) is 5.35. The first-order chi connectivity index (χ1) is 10.6. The molecule has 2 aromatic heterocycles. The molecule has 1 fully saturated rings. The quantitative estimate of drug-likeness (QED) is 0.918. The molecule has 1 amide bonds. The Morgan fingerprint density at radius 1 is 1.27 bits per heavy atom. The molecule has 0 radical (unpaired) electrons. The molecule has 0 bridgehead atoms. The van der Waals surface area contributed by atoms with E-state index in [9.17, 15) is 9.59 Å². The molecule has 1 aliphatic carbocycles. The number of furan rings is 1. The van der Waals surface area contributed by atoms with Crippen molar-refractivity contribution in [1.29, 1.82) is 0 Å². The van der Waals surface area contributed by atoms with Crippen LogP contribution in [-0.2, 0) is 0 Å². The molecular weight excluding hydrogens is 284 g/mol. The number of hydrogen-bond acceptors (Lipinski definition) is 4. The van der Waals surface area contributed by atoms with Crippen LogP contribution in [-0.4, -0.2) is 32.9 Å². The lowest BCUT2D eigenvalue weighted by atomic mass is 10.2. The van der Waals surface area contributed by atoms with Crippen molar-refractivity contribution in [3.8, 4) is 0 Å². The monoisotopic (exact) mass is 300 g/mol. The van der Waals surface area contributed by atoms with Crippen LogP contribution >= 0.6 is 0 Å². The van der Waals surface area contributed by atoms with E-state index in [1.807, 2.05) is 13.0 Å². The van der Waals surface area contributed by atoms with Crippen LogP contribution in [0.2, 0.25) is 0 Å². The maximum absolute atomic E-state index is 12.8. The molecule has 2 aromatic rings. The fourth-order valence-corrected chi connectivity index (χ4v) is 2.48. The van der Waals surface area contributed by atoms with Gasteiger partial charge in [0.25, 0.3) is 5.91 Å². The van der Waals surface area contributed by atoms with Gasteiger partial charge in [-0.25, -0.2) is 9.78 Å². The Bertz CT molecular complexity index is 692. The number of amides is 1. The molecule has 0 unspecified atom stereocenters. The average Bonchev–Trinajstić information content (AvgIpc) is 3.19. The molecule has 2 heterocycles. The van der Waals surface area contributed by atoms with Crippen LogP contribution < -0.4 is 0 Å². The van der Waals surface area contributed by atoms with Gasteiger partial charge in [-0.1, -0.05) is 6.07 Å². The molecule has 0 spiro atoms. The maximum atomic E-state index is 12.8. The van der Waals surface area contributed by atoms with Crippen LogP contribution in [0, 0.1) is 0 Å². The minimum atomic E-state index is -1.15. The third-order valence-electron chi connectivity index (χ3n) is 3.73. The summed E-state index contributed by atoms with van der Waals surface area (Å²) in [4.78, 5) is 29.5. The number of aromatic nitrogens is 1. The molecule has 6 heteroatoms. The average molecular weight is 300 g/mol. The van der Waals surface area contributed by atoms with Gasteiger partial charge in [-0.3, -0.25) is 4.79 Å². The van der Waals surface area contributed by atoms with Gasteiger partial charge >= 0.3 is 5.97 Å². The third-order valence-corrected chi connectivity index (χ3v) is 3.73. The summed E-state index contributed by atoms with van der Waals surface area (Å²) in [6, 6.07) is 7.99. The number of carboxylic acid groups (broad SMARTS) is 1. The van der Waals surface area contributed by atoms with Gasteiger partial charge in [0.1, 0.15) is 17.1 Å². The first-order valence-corrected chi connectivity index (χ1v) is 7.14. The maximum Gasteiger partial charge on any atom is 0.354 e. The zero-order valence-electron chi connectivity index (χ0n) is 12.1. The molecule has 1 aliphatic rings. The molecule has 6 nitrogen and oxygen atoms in total. The Morgan fingerprint density at radius 3 is 2.59 bits per heavy atom. The van der Waals surface area contributed by atoms with Gasteiger partial charge in [0, 0.05) is 6.04 Å². The number of pyridine rings is 1. The minimum Gasteiger partial charge on any atom is -0.477 e. The van der Waals surface area contributed by atoms with Crippen LogP contribution in [0.4, 0.5) is 0 Å². The largest absolute Gasteiger partial charge is 0.477 e. The summed E-state index contributed by atoms with van der Waals surface area (Å²) in [7, 11) is 0. The highest BCUT2D eigenvalue weighted by Gasteiger charge is 2.38. The van der Waals surface area contributed by atoms with Crippen molar-refractivity contribution in [1.82, 2.24) is 9.88 Å². The van der Waals surface area contributed by atoms with E-state index in [4.69, 9.17) is 9.52 Å². The molecular formula is C16H16N2O4. The first-order valence-electron chi connectivity index (χ1n) is 7.14. The van der Waals surface area contributed by atoms with Crippen LogP contribution in [0.5, 0.6) is 0 Å². The summed E-state index contributed by atoms with van der Waals surface area (Å²) < 4.78 is 5.39. The van der Waals surface area contributed by atoms with Gasteiger partial charge in [-0.05, 0) is 44.0 Å². The second-order valence-corrected chi connectivity index (χ2v) is 5.35. The van der Waals surface area contributed by atoms with Crippen LogP contribution in [0.3, 0.4) is 0 Å². The molecule has 22 heavy (non-hydrogen) atoms.